The number of sulfone groups is 1. The van der Waals surface area contributed by atoms with Crippen molar-refractivity contribution in [2.75, 3.05) is 18.1 Å². The summed E-state index contributed by atoms with van der Waals surface area (Å²) < 4.78 is 27.0. The lowest BCUT2D eigenvalue weighted by molar-refractivity contribution is -0.146. The fraction of sp³-hybridized carbons (Fsp3) is 0.800. The van der Waals surface area contributed by atoms with Crippen molar-refractivity contribution >= 4 is 15.8 Å². The number of nitrogens with zero attached hydrogens (tertiary/aromatic N) is 1. The van der Waals surface area contributed by atoms with Crippen molar-refractivity contribution in [3.8, 4) is 6.07 Å². The van der Waals surface area contributed by atoms with Crippen LogP contribution in [0.15, 0.2) is 0 Å². The van der Waals surface area contributed by atoms with Gasteiger partial charge in [-0.2, -0.15) is 5.26 Å². The van der Waals surface area contributed by atoms with Gasteiger partial charge in [0.15, 0.2) is 0 Å². The summed E-state index contributed by atoms with van der Waals surface area (Å²) >= 11 is 0. The second kappa shape index (κ2) is 7.23. The van der Waals surface area contributed by atoms with E-state index in [9.17, 15) is 13.2 Å². The molecule has 1 atom stereocenters. The normalized spacial score (nSPS) is 12.8. The molecule has 0 aromatic carbocycles. The van der Waals surface area contributed by atoms with Gasteiger partial charge in [-0.15, -0.1) is 0 Å². The van der Waals surface area contributed by atoms with E-state index in [4.69, 9.17) is 10.00 Å². The third kappa shape index (κ3) is 5.71. The molecule has 0 fully saturated rings. The predicted octanol–water partition coefficient (Wildman–Crippen LogP) is 0.904. The van der Waals surface area contributed by atoms with Gasteiger partial charge < -0.3 is 4.74 Å². The van der Waals surface area contributed by atoms with Crippen LogP contribution in [0.4, 0.5) is 0 Å². The van der Waals surface area contributed by atoms with Crippen molar-refractivity contribution in [2.24, 2.45) is 5.92 Å². The molecule has 0 amide bonds. The molecule has 0 saturated heterocycles. The maximum Gasteiger partial charge on any atom is 0.323 e. The standard InChI is InChI=1S/C10H17NO4S/c1-3-15-10(12)9(8-11)6-5-7-16(13,14)4-2/h9H,3-7H2,1-2H3. The summed E-state index contributed by atoms with van der Waals surface area (Å²) in [6.07, 6.45) is 0.543. The molecule has 0 heterocycles. The Morgan fingerprint density at radius 1 is 1.44 bits per heavy atom. The lowest BCUT2D eigenvalue weighted by Gasteiger charge is -2.07. The molecule has 0 radical (unpaired) electrons. The summed E-state index contributed by atoms with van der Waals surface area (Å²) in [5.41, 5.74) is 0. The molecule has 0 aromatic rings. The molecule has 0 aliphatic rings. The van der Waals surface area contributed by atoms with Gasteiger partial charge in [0.2, 0.25) is 0 Å². The molecular formula is C10H17NO4S. The topological polar surface area (TPSA) is 84.2 Å². The molecule has 0 N–H and O–H groups in total. The Bertz CT molecular complexity index is 356. The number of ether oxygens (including phenoxy) is 1. The smallest absolute Gasteiger partial charge is 0.323 e. The van der Waals surface area contributed by atoms with E-state index in [-0.39, 0.29) is 24.5 Å². The van der Waals surface area contributed by atoms with Crippen LogP contribution >= 0.6 is 0 Å². The van der Waals surface area contributed by atoms with Gasteiger partial charge in [0.05, 0.1) is 18.4 Å². The molecule has 6 heteroatoms. The first-order valence-electron chi connectivity index (χ1n) is 5.23. The van der Waals surface area contributed by atoms with Crippen molar-refractivity contribution in [3.05, 3.63) is 0 Å². The first-order valence-corrected chi connectivity index (χ1v) is 7.05. The summed E-state index contributed by atoms with van der Waals surface area (Å²) in [6.45, 7) is 3.46. The first kappa shape index (κ1) is 14.9. The van der Waals surface area contributed by atoms with Crippen LogP contribution in [-0.2, 0) is 19.4 Å². The van der Waals surface area contributed by atoms with Gasteiger partial charge in [-0.1, -0.05) is 6.92 Å². The Labute approximate surface area is 96.3 Å². The largest absolute Gasteiger partial charge is 0.465 e. The highest BCUT2D eigenvalue weighted by atomic mass is 32.2. The minimum absolute atomic E-state index is 0.0150. The predicted molar refractivity (Wildman–Crippen MR) is 59.3 cm³/mol. The second-order valence-corrected chi connectivity index (χ2v) is 5.79. The quantitative estimate of drug-likeness (QED) is 0.624. The van der Waals surface area contributed by atoms with Gasteiger partial charge in [0.1, 0.15) is 15.8 Å². The number of hydrogen-bond donors (Lipinski definition) is 0. The SMILES string of the molecule is CCOC(=O)C(C#N)CCCS(=O)(=O)CC. The Balaban J connectivity index is 4.09. The second-order valence-electron chi connectivity index (χ2n) is 3.31. The molecule has 16 heavy (non-hydrogen) atoms. The fourth-order valence-electron chi connectivity index (χ4n) is 1.13. The van der Waals surface area contributed by atoms with Crippen molar-refractivity contribution < 1.29 is 17.9 Å². The van der Waals surface area contributed by atoms with Crippen LogP contribution < -0.4 is 0 Å². The summed E-state index contributed by atoms with van der Waals surface area (Å²) in [7, 11) is -3.02. The minimum Gasteiger partial charge on any atom is -0.465 e. The molecule has 5 nitrogen and oxygen atoms in total. The van der Waals surface area contributed by atoms with Gasteiger partial charge in [-0.3, -0.25) is 4.79 Å². The van der Waals surface area contributed by atoms with E-state index >= 15 is 0 Å². The van der Waals surface area contributed by atoms with E-state index in [0.717, 1.165) is 0 Å². The Morgan fingerprint density at radius 2 is 2.06 bits per heavy atom. The van der Waals surface area contributed by atoms with Crippen LogP contribution in [-0.4, -0.2) is 32.5 Å². The number of hydrogen-bond acceptors (Lipinski definition) is 5. The molecule has 0 aliphatic carbocycles. The van der Waals surface area contributed by atoms with Crippen molar-refractivity contribution in [1.82, 2.24) is 0 Å². The number of esters is 1. The molecule has 0 bridgehead atoms. The first-order chi connectivity index (χ1) is 7.46. The zero-order valence-electron chi connectivity index (χ0n) is 9.60. The van der Waals surface area contributed by atoms with E-state index in [0.29, 0.717) is 6.42 Å². The maximum absolute atomic E-state index is 11.2. The molecule has 0 saturated carbocycles. The number of rotatable bonds is 7. The molecule has 0 rings (SSSR count). The number of carbonyl (C=O) groups excluding carboxylic acids is 1. The van der Waals surface area contributed by atoms with Crippen molar-refractivity contribution in [1.29, 1.82) is 5.26 Å². The zero-order valence-corrected chi connectivity index (χ0v) is 10.4. The van der Waals surface area contributed by atoms with E-state index < -0.39 is 21.7 Å². The monoisotopic (exact) mass is 247 g/mol. The fourth-order valence-corrected chi connectivity index (χ4v) is 2.02. The Morgan fingerprint density at radius 3 is 2.50 bits per heavy atom. The van der Waals surface area contributed by atoms with Crippen LogP contribution in [0.1, 0.15) is 26.7 Å². The van der Waals surface area contributed by atoms with Crippen LogP contribution in [0.3, 0.4) is 0 Å². The summed E-state index contributed by atoms with van der Waals surface area (Å²) in [5.74, 6) is -1.32. The average molecular weight is 247 g/mol. The molecule has 0 aliphatic heterocycles. The van der Waals surface area contributed by atoms with E-state index in [1.165, 1.54) is 0 Å². The Hall–Kier alpha value is -1.09. The van der Waals surface area contributed by atoms with Gasteiger partial charge >= 0.3 is 5.97 Å². The summed E-state index contributed by atoms with van der Waals surface area (Å²) in [4.78, 5) is 11.2. The van der Waals surface area contributed by atoms with Crippen molar-refractivity contribution in [3.63, 3.8) is 0 Å². The molecule has 0 spiro atoms. The summed E-state index contributed by atoms with van der Waals surface area (Å²) in [5, 5.41) is 8.71. The Kier molecular flexibility index (Phi) is 6.74. The third-order valence-corrected chi connectivity index (χ3v) is 3.91. The van der Waals surface area contributed by atoms with Gasteiger partial charge in [0.25, 0.3) is 0 Å². The van der Waals surface area contributed by atoms with Crippen LogP contribution in [0.2, 0.25) is 0 Å². The molecular weight excluding hydrogens is 230 g/mol. The lowest BCUT2D eigenvalue weighted by Crippen LogP contribution is -2.18. The number of nitriles is 1. The minimum atomic E-state index is -3.02. The average Bonchev–Trinajstić information content (AvgIpc) is 2.24. The van der Waals surface area contributed by atoms with Crippen LogP contribution in [0.25, 0.3) is 0 Å². The van der Waals surface area contributed by atoms with E-state index in [1.807, 2.05) is 6.07 Å². The van der Waals surface area contributed by atoms with Gasteiger partial charge in [-0.05, 0) is 19.8 Å². The van der Waals surface area contributed by atoms with Crippen LogP contribution in [0, 0.1) is 17.2 Å². The van der Waals surface area contributed by atoms with Crippen molar-refractivity contribution in [2.45, 2.75) is 26.7 Å². The van der Waals surface area contributed by atoms with Gasteiger partial charge in [-0.25, -0.2) is 8.42 Å². The summed E-state index contributed by atoms with van der Waals surface area (Å²) in [6, 6.07) is 1.82. The molecule has 92 valence electrons. The van der Waals surface area contributed by atoms with Gasteiger partial charge in [0, 0.05) is 5.75 Å². The third-order valence-electron chi connectivity index (χ3n) is 2.11. The van der Waals surface area contributed by atoms with E-state index in [1.54, 1.807) is 13.8 Å². The van der Waals surface area contributed by atoms with Crippen LogP contribution in [0.5, 0.6) is 0 Å². The van der Waals surface area contributed by atoms with E-state index in [2.05, 4.69) is 0 Å². The highest BCUT2D eigenvalue weighted by molar-refractivity contribution is 7.91. The zero-order chi connectivity index (χ0) is 12.6. The number of carbonyl (C=O) groups is 1. The molecule has 0 aromatic heterocycles. The maximum atomic E-state index is 11.2. The lowest BCUT2D eigenvalue weighted by atomic mass is 10.1. The highest BCUT2D eigenvalue weighted by Gasteiger charge is 2.19. The highest BCUT2D eigenvalue weighted by Crippen LogP contribution is 2.09. The molecule has 1 unspecified atom stereocenters.